The first-order valence-corrected chi connectivity index (χ1v) is 7.92. The van der Waals surface area contributed by atoms with Crippen molar-refractivity contribution in [2.45, 2.75) is 12.6 Å². The van der Waals surface area contributed by atoms with Gasteiger partial charge in [-0.15, -0.1) is 0 Å². The summed E-state index contributed by atoms with van der Waals surface area (Å²) in [7, 11) is 4.00. The summed E-state index contributed by atoms with van der Waals surface area (Å²) in [6.07, 6.45) is 0. The van der Waals surface area contributed by atoms with Crippen molar-refractivity contribution in [1.82, 2.24) is 15.5 Å². The van der Waals surface area contributed by atoms with E-state index >= 15 is 0 Å². The van der Waals surface area contributed by atoms with Crippen molar-refractivity contribution in [2.24, 2.45) is 0 Å². The second kappa shape index (κ2) is 8.56. The third-order valence-corrected chi connectivity index (χ3v) is 4.03. The zero-order valence-electron chi connectivity index (χ0n) is 13.4. The fraction of sp³-hybridized carbons (Fsp3) is 0.278. The number of hydrogen-bond donors (Lipinski definition) is 2. The molecule has 0 saturated carbocycles. The zero-order chi connectivity index (χ0) is 16.7. The van der Waals surface area contributed by atoms with Crippen LogP contribution in [0, 0.1) is 0 Å². The Morgan fingerprint density at radius 2 is 1.70 bits per heavy atom. The molecule has 4 nitrogen and oxygen atoms in total. The number of nitrogens with one attached hydrogen (secondary N) is 2. The lowest BCUT2D eigenvalue weighted by Crippen LogP contribution is -2.40. The number of likely N-dealkylation sites (N-methyl/N-ethyl adjacent to an activating group) is 1. The summed E-state index contributed by atoms with van der Waals surface area (Å²) in [6, 6.07) is 17.5. The number of hydrogen-bond acceptors (Lipinski definition) is 2. The SMILES string of the molecule is CN(C)C(CNC(=O)NCc1ccccc1Cl)c1ccccc1. The lowest BCUT2D eigenvalue weighted by Gasteiger charge is -2.25. The molecular weight excluding hydrogens is 310 g/mol. The molecule has 1 atom stereocenters. The molecule has 23 heavy (non-hydrogen) atoms. The molecule has 0 spiro atoms. The van der Waals surface area contributed by atoms with Gasteiger partial charge in [-0.25, -0.2) is 4.79 Å². The Bertz CT molecular complexity index is 631. The van der Waals surface area contributed by atoms with Crippen molar-refractivity contribution in [3.8, 4) is 0 Å². The van der Waals surface area contributed by atoms with Gasteiger partial charge in [-0.1, -0.05) is 60.1 Å². The van der Waals surface area contributed by atoms with Gasteiger partial charge in [0, 0.05) is 18.1 Å². The van der Waals surface area contributed by atoms with Crippen LogP contribution in [0.4, 0.5) is 4.79 Å². The second-order valence-electron chi connectivity index (χ2n) is 5.55. The summed E-state index contributed by atoms with van der Waals surface area (Å²) in [5.41, 5.74) is 2.07. The normalized spacial score (nSPS) is 12.0. The third kappa shape index (κ3) is 5.27. The molecule has 1 unspecified atom stereocenters. The molecule has 5 heteroatoms. The highest BCUT2D eigenvalue weighted by molar-refractivity contribution is 6.31. The number of rotatable bonds is 6. The molecule has 2 amide bonds. The topological polar surface area (TPSA) is 44.4 Å². The molecule has 0 aliphatic heterocycles. The highest BCUT2D eigenvalue weighted by Gasteiger charge is 2.14. The zero-order valence-corrected chi connectivity index (χ0v) is 14.2. The van der Waals surface area contributed by atoms with Gasteiger partial charge in [0.1, 0.15) is 0 Å². The van der Waals surface area contributed by atoms with Gasteiger partial charge in [-0.2, -0.15) is 0 Å². The molecule has 0 aromatic heterocycles. The number of carbonyl (C=O) groups is 1. The van der Waals surface area contributed by atoms with E-state index in [1.807, 2.05) is 56.6 Å². The molecule has 0 bridgehead atoms. The van der Waals surface area contributed by atoms with Crippen molar-refractivity contribution >= 4 is 17.6 Å². The average Bonchev–Trinajstić information content (AvgIpc) is 2.55. The van der Waals surface area contributed by atoms with E-state index < -0.39 is 0 Å². The maximum Gasteiger partial charge on any atom is 0.315 e. The lowest BCUT2D eigenvalue weighted by molar-refractivity contribution is 0.232. The molecule has 0 fully saturated rings. The molecule has 122 valence electrons. The molecule has 0 aliphatic carbocycles. The maximum atomic E-state index is 12.0. The fourth-order valence-corrected chi connectivity index (χ4v) is 2.55. The quantitative estimate of drug-likeness (QED) is 0.851. The minimum atomic E-state index is -0.201. The van der Waals surface area contributed by atoms with Crippen LogP contribution in [-0.2, 0) is 6.54 Å². The highest BCUT2D eigenvalue weighted by Crippen LogP contribution is 2.17. The van der Waals surface area contributed by atoms with Gasteiger partial charge in [0.25, 0.3) is 0 Å². The summed E-state index contributed by atoms with van der Waals surface area (Å²) in [5.74, 6) is 0. The minimum Gasteiger partial charge on any atom is -0.336 e. The van der Waals surface area contributed by atoms with Gasteiger partial charge in [-0.3, -0.25) is 0 Å². The first kappa shape index (κ1) is 17.3. The van der Waals surface area contributed by atoms with Crippen molar-refractivity contribution < 1.29 is 4.79 Å². The van der Waals surface area contributed by atoms with E-state index in [1.165, 1.54) is 5.56 Å². The monoisotopic (exact) mass is 331 g/mol. The van der Waals surface area contributed by atoms with E-state index in [9.17, 15) is 4.79 Å². The van der Waals surface area contributed by atoms with Crippen LogP contribution in [0.1, 0.15) is 17.2 Å². The first-order valence-electron chi connectivity index (χ1n) is 7.54. The van der Waals surface area contributed by atoms with Crippen molar-refractivity contribution in [3.05, 3.63) is 70.7 Å². The summed E-state index contributed by atoms with van der Waals surface area (Å²) in [6.45, 7) is 0.939. The molecule has 2 N–H and O–H groups in total. The Kier molecular flexibility index (Phi) is 6.44. The van der Waals surface area contributed by atoms with Crippen LogP contribution in [0.3, 0.4) is 0 Å². The maximum absolute atomic E-state index is 12.0. The number of benzene rings is 2. The standard InChI is InChI=1S/C18H22ClN3O/c1-22(2)17(14-8-4-3-5-9-14)13-21-18(23)20-12-15-10-6-7-11-16(15)19/h3-11,17H,12-13H2,1-2H3,(H2,20,21,23). The number of urea groups is 1. The molecule has 2 aromatic carbocycles. The fourth-order valence-electron chi connectivity index (χ4n) is 2.34. The largest absolute Gasteiger partial charge is 0.336 e. The second-order valence-corrected chi connectivity index (χ2v) is 5.95. The van der Waals surface area contributed by atoms with E-state index in [0.717, 1.165) is 5.56 Å². The number of halogens is 1. The van der Waals surface area contributed by atoms with E-state index in [-0.39, 0.29) is 12.1 Å². The van der Waals surface area contributed by atoms with E-state index in [1.54, 1.807) is 0 Å². The molecule has 2 rings (SSSR count). The number of nitrogens with zero attached hydrogens (tertiary/aromatic N) is 1. The highest BCUT2D eigenvalue weighted by atomic mass is 35.5. The van der Waals surface area contributed by atoms with Crippen molar-refractivity contribution in [3.63, 3.8) is 0 Å². The minimum absolute atomic E-state index is 0.127. The molecular formula is C18H22ClN3O. The number of carbonyl (C=O) groups excluding carboxylic acids is 1. The summed E-state index contributed by atoms with van der Waals surface area (Å²) in [5, 5.41) is 6.41. The van der Waals surface area contributed by atoms with Gasteiger partial charge in [0.15, 0.2) is 0 Å². The predicted octanol–water partition coefficient (Wildman–Crippen LogP) is 3.44. The Morgan fingerprint density at radius 1 is 1.04 bits per heavy atom. The predicted molar refractivity (Wildman–Crippen MR) is 94.6 cm³/mol. The average molecular weight is 332 g/mol. The molecule has 2 aromatic rings. The molecule has 0 saturated heterocycles. The smallest absolute Gasteiger partial charge is 0.315 e. The lowest BCUT2D eigenvalue weighted by atomic mass is 10.1. The van der Waals surface area contributed by atoms with Gasteiger partial charge in [0.05, 0.1) is 6.04 Å². The van der Waals surface area contributed by atoms with Crippen LogP contribution in [0.5, 0.6) is 0 Å². The van der Waals surface area contributed by atoms with E-state index in [0.29, 0.717) is 18.1 Å². The molecule has 0 aliphatic rings. The van der Waals surface area contributed by atoms with Crippen LogP contribution in [0.15, 0.2) is 54.6 Å². The van der Waals surface area contributed by atoms with Crippen LogP contribution in [-0.4, -0.2) is 31.6 Å². The Morgan fingerprint density at radius 3 is 2.35 bits per heavy atom. The Labute approximate surface area is 142 Å². The third-order valence-electron chi connectivity index (χ3n) is 3.66. The van der Waals surface area contributed by atoms with Crippen LogP contribution >= 0.6 is 11.6 Å². The first-order chi connectivity index (χ1) is 11.1. The van der Waals surface area contributed by atoms with Gasteiger partial charge in [0.2, 0.25) is 0 Å². The van der Waals surface area contributed by atoms with Crippen molar-refractivity contribution in [1.29, 1.82) is 0 Å². The van der Waals surface area contributed by atoms with Gasteiger partial charge < -0.3 is 15.5 Å². The van der Waals surface area contributed by atoms with Gasteiger partial charge in [-0.05, 0) is 31.3 Å². The Balaban J connectivity index is 1.86. The molecule has 0 radical (unpaired) electrons. The summed E-state index contributed by atoms with van der Waals surface area (Å²) >= 11 is 6.08. The molecule has 0 heterocycles. The van der Waals surface area contributed by atoms with Crippen LogP contribution < -0.4 is 10.6 Å². The van der Waals surface area contributed by atoms with Crippen LogP contribution in [0.25, 0.3) is 0 Å². The van der Waals surface area contributed by atoms with E-state index in [2.05, 4.69) is 27.7 Å². The van der Waals surface area contributed by atoms with Crippen LogP contribution in [0.2, 0.25) is 5.02 Å². The number of amides is 2. The van der Waals surface area contributed by atoms with Gasteiger partial charge >= 0.3 is 6.03 Å². The van der Waals surface area contributed by atoms with Crippen molar-refractivity contribution in [2.75, 3.05) is 20.6 Å². The summed E-state index contributed by atoms with van der Waals surface area (Å²) < 4.78 is 0. The summed E-state index contributed by atoms with van der Waals surface area (Å²) in [4.78, 5) is 14.1. The van der Waals surface area contributed by atoms with E-state index in [4.69, 9.17) is 11.6 Å². The Hall–Kier alpha value is -2.04.